The number of aliphatic hydroxyl groups excluding tert-OH is 1. The number of rotatable bonds is 6. The molecule has 6 nitrogen and oxygen atoms in total. The van der Waals surface area contributed by atoms with Gasteiger partial charge in [0.1, 0.15) is 0 Å². The molecule has 0 saturated heterocycles. The molecular weight excluding hydrogens is 290 g/mol. The van der Waals surface area contributed by atoms with Crippen molar-refractivity contribution in [2.75, 3.05) is 30.8 Å². The Labute approximate surface area is 126 Å². The topological polar surface area (TPSA) is 95.7 Å². The van der Waals surface area contributed by atoms with E-state index in [0.717, 1.165) is 18.5 Å². The SMILES string of the molecule is CNS(=O)(=O)c1ccc(N(CCO)C2CCCC2)c(N)c1. The van der Waals surface area contributed by atoms with Crippen molar-refractivity contribution < 1.29 is 13.5 Å². The largest absolute Gasteiger partial charge is 0.397 e. The summed E-state index contributed by atoms with van der Waals surface area (Å²) in [5.74, 6) is 0. The van der Waals surface area contributed by atoms with E-state index in [1.54, 1.807) is 12.1 Å². The Hall–Kier alpha value is -1.31. The zero-order valence-electron chi connectivity index (χ0n) is 12.2. The molecule has 1 fully saturated rings. The molecule has 118 valence electrons. The number of benzene rings is 1. The van der Waals surface area contributed by atoms with Crippen LogP contribution in [-0.4, -0.2) is 39.8 Å². The molecule has 0 unspecified atom stereocenters. The molecule has 0 radical (unpaired) electrons. The number of anilines is 2. The number of nitrogens with two attached hydrogens (primary N) is 1. The Balaban J connectivity index is 2.33. The minimum atomic E-state index is -3.49. The summed E-state index contributed by atoms with van der Waals surface area (Å²) in [6.45, 7) is 0.555. The van der Waals surface area contributed by atoms with Crippen LogP contribution in [0, 0.1) is 0 Å². The predicted octanol–water partition coefficient (Wildman–Crippen LogP) is 0.918. The van der Waals surface area contributed by atoms with Crippen LogP contribution in [0.1, 0.15) is 25.7 Å². The lowest BCUT2D eigenvalue weighted by Crippen LogP contribution is -2.36. The van der Waals surface area contributed by atoms with Crippen LogP contribution in [0.4, 0.5) is 11.4 Å². The number of hydrogen-bond acceptors (Lipinski definition) is 5. The van der Waals surface area contributed by atoms with Gasteiger partial charge in [0.25, 0.3) is 0 Å². The molecule has 21 heavy (non-hydrogen) atoms. The monoisotopic (exact) mass is 313 g/mol. The third-order valence-electron chi connectivity index (χ3n) is 3.99. The molecule has 2 rings (SSSR count). The first-order valence-corrected chi connectivity index (χ1v) is 8.68. The molecule has 1 aromatic rings. The van der Waals surface area contributed by atoms with Gasteiger partial charge in [0, 0.05) is 12.6 Å². The van der Waals surface area contributed by atoms with Crippen molar-refractivity contribution in [1.82, 2.24) is 4.72 Å². The van der Waals surface area contributed by atoms with E-state index in [2.05, 4.69) is 9.62 Å². The van der Waals surface area contributed by atoms with Gasteiger partial charge in [-0.05, 0) is 38.1 Å². The minimum absolute atomic E-state index is 0.0481. The Morgan fingerprint density at radius 2 is 2.05 bits per heavy atom. The van der Waals surface area contributed by atoms with Crippen molar-refractivity contribution >= 4 is 21.4 Å². The lowest BCUT2D eigenvalue weighted by Gasteiger charge is -2.31. The predicted molar refractivity (Wildman–Crippen MR) is 83.8 cm³/mol. The van der Waals surface area contributed by atoms with Gasteiger partial charge in [0.05, 0.1) is 22.9 Å². The number of aliphatic hydroxyl groups is 1. The summed E-state index contributed by atoms with van der Waals surface area (Å²) < 4.78 is 25.9. The first-order chi connectivity index (χ1) is 9.99. The molecule has 0 amide bonds. The fraction of sp³-hybridized carbons (Fsp3) is 0.571. The van der Waals surface area contributed by atoms with Crippen LogP contribution in [0.5, 0.6) is 0 Å². The summed E-state index contributed by atoms with van der Waals surface area (Å²) in [6.07, 6.45) is 4.52. The van der Waals surface area contributed by atoms with E-state index >= 15 is 0 Å². The molecule has 1 saturated carbocycles. The second kappa shape index (κ2) is 6.64. The Morgan fingerprint density at radius 3 is 2.57 bits per heavy atom. The molecule has 1 aromatic carbocycles. The van der Waals surface area contributed by atoms with E-state index in [9.17, 15) is 13.5 Å². The van der Waals surface area contributed by atoms with Gasteiger partial charge in [-0.25, -0.2) is 13.1 Å². The summed E-state index contributed by atoms with van der Waals surface area (Å²) in [6, 6.07) is 5.12. The maximum Gasteiger partial charge on any atom is 0.240 e. The summed E-state index contributed by atoms with van der Waals surface area (Å²) in [5, 5.41) is 9.28. The molecule has 1 aliphatic rings. The van der Waals surface area contributed by atoms with E-state index in [-0.39, 0.29) is 11.5 Å². The van der Waals surface area contributed by atoms with Gasteiger partial charge in [0.15, 0.2) is 0 Å². The minimum Gasteiger partial charge on any atom is -0.397 e. The van der Waals surface area contributed by atoms with Crippen molar-refractivity contribution in [1.29, 1.82) is 0 Å². The quantitative estimate of drug-likeness (QED) is 0.679. The molecule has 0 aliphatic heterocycles. The van der Waals surface area contributed by atoms with E-state index < -0.39 is 10.0 Å². The van der Waals surface area contributed by atoms with Crippen LogP contribution in [0.25, 0.3) is 0 Å². The van der Waals surface area contributed by atoms with Gasteiger partial charge in [-0.1, -0.05) is 12.8 Å². The normalized spacial score (nSPS) is 16.3. The smallest absolute Gasteiger partial charge is 0.240 e. The number of nitrogen functional groups attached to an aromatic ring is 1. The molecule has 0 heterocycles. The zero-order valence-corrected chi connectivity index (χ0v) is 13.1. The van der Waals surface area contributed by atoms with E-state index in [0.29, 0.717) is 18.3 Å². The molecule has 0 atom stereocenters. The Bertz CT molecular complexity index is 583. The number of sulfonamides is 1. The average molecular weight is 313 g/mol. The third kappa shape index (κ3) is 3.48. The lowest BCUT2D eigenvalue weighted by molar-refractivity contribution is 0.297. The summed E-state index contributed by atoms with van der Waals surface area (Å²) in [5.41, 5.74) is 7.28. The fourth-order valence-electron chi connectivity index (χ4n) is 2.90. The molecule has 4 N–H and O–H groups in total. The van der Waals surface area contributed by atoms with Crippen molar-refractivity contribution in [2.45, 2.75) is 36.6 Å². The standard InChI is InChI=1S/C14H23N3O3S/c1-16-21(19,20)12-6-7-14(13(15)10-12)17(8-9-18)11-4-2-3-5-11/h6-7,10-11,16,18H,2-5,8-9,15H2,1H3. The Kier molecular flexibility index (Phi) is 5.08. The van der Waals surface area contributed by atoms with E-state index in [1.165, 1.54) is 26.0 Å². The van der Waals surface area contributed by atoms with Gasteiger partial charge in [-0.15, -0.1) is 0 Å². The highest BCUT2D eigenvalue weighted by Crippen LogP contribution is 2.32. The highest BCUT2D eigenvalue weighted by molar-refractivity contribution is 7.89. The van der Waals surface area contributed by atoms with Crippen molar-refractivity contribution in [3.63, 3.8) is 0 Å². The van der Waals surface area contributed by atoms with Crippen LogP contribution >= 0.6 is 0 Å². The summed E-state index contributed by atoms with van der Waals surface area (Å²) in [4.78, 5) is 2.25. The first-order valence-electron chi connectivity index (χ1n) is 7.20. The third-order valence-corrected chi connectivity index (χ3v) is 5.41. The second-order valence-electron chi connectivity index (χ2n) is 5.28. The lowest BCUT2D eigenvalue weighted by atomic mass is 10.1. The van der Waals surface area contributed by atoms with Crippen molar-refractivity contribution in [3.05, 3.63) is 18.2 Å². The molecular formula is C14H23N3O3S. The fourth-order valence-corrected chi connectivity index (χ4v) is 3.67. The Morgan fingerprint density at radius 1 is 1.38 bits per heavy atom. The van der Waals surface area contributed by atoms with E-state index in [1.807, 2.05) is 0 Å². The van der Waals surface area contributed by atoms with Gasteiger partial charge in [-0.3, -0.25) is 0 Å². The molecule has 7 heteroatoms. The van der Waals surface area contributed by atoms with Crippen molar-refractivity contribution in [2.24, 2.45) is 0 Å². The number of nitrogens with zero attached hydrogens (tertiary/aromatic N) is 1. The molecule has 1 aliphatic carbocycles. The number of nitrogens with one attached hydrogen (secondary N) is 1. The zero-order chi connectivity index (χ0) is 15.5. The average Bonchev–Trinajstić information content (AvgIpc) is 2.99. The maximum absolute atomic E-state index is 11.8. The highest BCUT2D eigenvalue weighted by Gasteiger charge is 2.24. The van der Waals surface area contributed by atoms with Crippen LogP contribution in [0.15, 0.2) is 23.1 Å². The van der Waals surface area contributed by atoms with Crippen LogP contribution in [0.2, 0.25) is 0 Å². The molecule has 0 aromatic heterocycles. The highest BCUT2D eigenvalue weighted by atomic mass is 32.2. The molecule has 0 bridgehead atoms. The summed E-state index contributed by atoms with van der Waals surface area (Å²) in [7, 11) is -2.12. The second-order valence-corrected chi connectivity index (χ2v) is 7.17. The summed E-state index contributed by atoms with van der Waals surface area (Å²) >= 11 is 0. The van der Waals surface area contributed by atoms with Crippen LogP contribution in [-0.2, 0) is 10.0 Å². The van der Waals surface area contributed by atoms with Crippen LogP contribution < -0.4 is 15.4 Å². The first kappa shape index (κ1) is 16.1. The van der Waals surface area contributed by atoms with Crippen LogP contribution in [0.3, 0.4) is 0 Å². The van der Waals surface area contributed by atoms with Gasteiger partial charge in [-0.2, -0.15) is 0 Å². The van der Waals surface area contributed by atoms with Gasteiger partial charge < -0.3 is 15.7 Å². The number of hydrogen-bond donors (Lipinski definition) is 3. The van der Waals surface area contributed by atoms with Gasteiger partial charge in [0.2, 0.25) is 10.0 Å². The molecule has 0 spiro atoms. The van der Waals surface area contributed by atoms with E-state index in [4.69, 9.17) is 5.73 Å². The van der Waals surface area contributed by atoms with Gasteiger partial charge >= 0.3 is 0 Å². The van der Waals surface area contributed by atoms with Crippen molar-refractivity contribution in [3.8, 4) is 0 Å². The maximum atomic E-state index is 11.8.